The van der Waals surface area contributed by atoms with Crippen LogP contribution in [0.3, 0.4) is 0 Å². The van der Waals surface area contributed by atoms with Crippen molar-refractivity contribution in [3.63, 3.8) is 0 Å². The van der Waals surface area contributed by atoms with Crippen LogP contribution in [0, 0.1) is 18.8 Å². The average molecular weight is 550 g/mol. The zero-order valence-electron chi connectivity index (χ0n) is 21.6. The number of aromatic nitrogens is 3. The van der Waals surface area contributed by atoms with E-state index in [1.165, 1.54) is 34.0 Å². The van der Waals surface area contributed by atoms with Crippen LogP contribution in [0.5, 0.6) is 0 Å². The van der Waals surface area contributed by atoms with Crippen molar-refractivity contribution < 1.29 is 4.79 Å². The van der Waals surface area contributed by atoms with Gasteiger partial charge in [0, 0.05) is 42.1 Å². The summed E-state index contributed by atoms with van der Waals surface area (Å²) in [5.41, 5.74) is 17.4. The Labute approximate surface area is 231 Å². The first kappa shape index (κ1) is 25.4. The van der Waals surface area contributed by atoms with E-state index in [0.717, 1.165) is 53.4 Å². The number of anilines is 1. The maximum absolute atomic E-state index is 11.9. The number of nitrogens with zero attached hydrogens (tertiary/aromatic N) is 3. The SMILES string of the molecule is C=C1CCNC/C1=C/c1ccc(Sc2nc(N3CC4C(C3)C4(N)C(N)=O)c3c(Cl)c(CC)[nH]c3n2)cc1C. The molecule has 3 aliphatic rings. The Morgan fingerprint density at radius 3 is 2.76 bits per heavy atom. The molecule has 1 aliphatic carbocycles. The molecule has 6 N–H and O–H groups in total. The van der Waals surface area contributed by atoms with Crippen LogP contribution >= 0.6 is 23.4 Å². The fraction of sp³-hybridized carbons (Fsp3) is 0.393. The highest BCUT2D eigenvalue weighted by Gasteiger charge is 2.70. The minimum atomic E-state index is -0.911. The Kier molecular flexibility index (Phi) is 6.30. The molecule has 6 rings (SSSR count). The standard InChI is InChI=1S/C28H32ClN7OS/c1-4-21-23(29)22-24(33-21)34-27(35-25(22)36-12-19-20(13-36)28(19,31)26(30)37)38-18-6-5-16(15(3)9-18)10-17-11-32-8-7-14(17)2/h5-6,9-10,19-20,32H,2,4,7-8,11-13,31H2,1,3H3,(H2,30,37)(H,33,34,35)/b17-10-. The number of fused-ring (bicyclic) bond motifs is 2. The molecule has 2 unspecified atom stereocenters. The van der Waals surface area contributed by atoms with Gasteiger partial charge in [-0.3, -0.25) is 4.79 Å². The molecule has 2 atom stereocenters. The monoisotopic (exact) mass is 549 g/mol. The Bertz CT molecular complexity index is 1500. The largest absolute Gasteiger partial charge is 0.368 e. The van der Waals surface area contributed by atoms with E-state index in [1.54, 1.807) is 0 Å². The third kappa shape index (κ3) is 4.12. The van der Waals surface area contributed by atoms with E-state index < -0.39 is 11.4 Å². The number of primary amides is 1. The maximum atomic E-state index is 11.9. The lowest BCUT2D eigenvalue weighted by Crippen LogP contribution is -2.47. The molecule has 0 spiro atoms. The Hall–Kier alpha value is -2.85. The molecule has 1 aromatic carbocycles. The lowest BCUT2D eigenvalue weighted by molar-refractivity contribution is -0.120. The van der Waals surface area contributed by atoms with Crippen molar-refractivity contribution in [1.29, 1.82) is 0 Å². The Morgan fingerprint density at radius 1 is 1.34 bits per heavy atom. The summed E-state index contributed by atoms with van der Waals surface area (Å²) in [5.74, 6) is 0.412. The van der Waals surface area contributed by atoms with Gasteiger partial charge in [-0.25, -0.2) is 9.97 Å². The van der Waals surface area contributed by atoms with Gasteiger partial charge in [-0.05, 0) is 78.6 Å². The number of nitrogens with one attached hydrogen (secondary N) is 2. The topological polar surface area (TPSA) is 126 Å². The van der Waals surface area contributed by atoms with Crippen molar-refractivity contribution in [3.05, 3.63) is 57.8 Å². The fourth-order valence-corrected chi connectivity index (χ4v) is 7.07. The van der Waals surface area contributed by atoms with Crippen LogP contribution in [0.15, 0.2) is 46.0 Å². The molecule has 3 aromatic rings. The predicted octanol–water partition coefficient (Wildman–Crippen LogP) is 3.82. The Morgan fingerprint density at radius 2 is 2.11 bits per heavy atom. The normalized spacial score (nSPS) is 25.8. The third-order valence-corrected chi connectivity index (χ3v) is 9.57. The molecule has 2 aromatic heterocycles. The van der Waals surface area contributed by atoms with E-state index in [2.05, 4.69) is 59.9 Å². The molecule has 0 radical (unpaired) electrons. The molecular formula is C28H32ClN7OS. The van der Waals surface area contributed by atoms with Crippen LogP contribution in [-0.4, -0.2) is 52.6 Å². The summed E-state index contributed by atoms with van der Waals surface area (Å²) >= 11 is 8.30. The average Bonchev–Trinajstić information content (AvgIpc) is 3.18. The lowest BCUT2D eigenvalue weighted by Gasteiger charge is -2.24. The fourth-order valence-electron chi connectivity index (χ4n) is 5.86. The molecule has 10 heteroatoms. The minimum absolute atomic E-state index is 0.0317. The van der Waals surface area contributed by atoms with Crippen LogP contribution in [0.4, 0.5) is 5.82 Å². The molecule has 0 bridgehead atoms. The third-order valence-electron chi connectivity index (χ3n) is 8.29. The molecule has 198 valence electrons. The highest BCUT2D eigenvalue weighted by molar-refractivity contribution is 7.99. The number of H-pyrrole nitrogens is 1. The van der Waals surface area contributed by atoms with Crippen molar-refractivity contribution in [3.8, 4) is 0 Å². The second kappa shape index (κ2) is 9.41. The minimum Gasteiger partial charge on any atom is -0.368 e. The first-order valence-corrected chi connectivity index (χ1v) is 14.2. The maximum Gasteiger partial charge on any atom is 0.238 e. The number of aryl methyl sites for hydroxylation is 2. The predicted molar refractivity (Wildman–Crippen MR) is 153 cm³/mol. The summed E-state index contributed by atoms with van der Waals surface area (Å²) in [5, 5.41) is 5.52. The quantitative estimate of drug-likeness (QED) is 0.344. The molecule has 8 nitrogen and oxygen atoms in total. The van der Waals surface area contributed by atoms with Gasteiger partial charge in [-0.15, -0.1) is 0 Å². The van der Waals surface area contributed by atoms with Gasteiger partial charge in [-0.2, -0.15) is 0 Å². The number of rotatable bonds is 6. The van der Waals surface area contributed by atoms with Gasteiger partial charge in [0.15, 0.2) is 5.16 Å². The summed E-state index contributed by atoms with van der Waals surface area (Å²) in [6, 6.07) is 6.42. The van der Waals surface area contributed by atoms with Gasteiger partial charge in [0.2, 0.25) is 5.91 Å². The zero-order chi connectivity index (χ0) is 26.8. The Balaban J connectivity index is 1.31. The first-order chi connectivity index (χ1) is 18.2. The van der Waals surface area contributed by atoms with Crippen molar-refractivity contribution in [2.75, 3.05) is 31.1 Å². The molecule has 2 aliphatic heterocycles. The smallest absolute Gasteiger partial charge is 0.238 e. The summed E-state index contributed by atoms with van der Waals surface area (Å²) in [4.78, 5) is 28.3. The summed E-state index contributed by atoms with van der Waals surface area (Å²) in [6.07, 6.45) is 3.97. The summed E-state index contributed by atoms with van der Waals surface area (Å²) in [7, 11) is 0. The number of carbonyl (C=O) groups excluding carboxylic acids is 1. The second-order valence-corrected chi connectivity index (χ2v) is 12.0. The van der Waals surface area contributed by atoms with Crippen molar-refractivity contribution in [2.24, 2.45) is 23.3 Å². The van der Waals surface area contributed by atoms with Gasteiger partial charge in [0.1, 0.15) is 17.0 Å². The number of nitrogens with two attached hydrogens (primary N) is 2. The number of aromatic amines is 1. The first-order valence-electron chi connectivity index (χ1n) is 13.0. The van der Waals surface area contributed by atoms with Gasteiger partial charge in [-0.1, -0.05) is 31.2 Å². The number of carbonyl (C=O) groups is 1. The number of hydrogen-bond acceptors (Lipinski definition) is 7. The molecule has 1 saturated carbocycles. The van der Waals surface area contributed by atoms with Gasteiger partial charge < -0.3 is 26.7 Å². The molecule has 4 heterocycles. The second-order valence-electron chi connectivity index (χ2n) is 10.6. The molecular weight excluding hydrogens is 518 g/mol. The number of halogens is 1. The lowest BCUT2D eigenvalue weighted by atomic mass is 9.97. The van der Waals surface area contributed by atoms with E-state index >= 15 is 0 Å². The molecule has 2 saturated heterocycles. The number of hydrogen-bond donors (Lipinski definition) is 4. The molecule has 38 heavy (non-hydrogen) atoms. The number of piperidine rings is 2. The summed E-state index contributed by atoms with van der Waals surface area (Å²) < 4.78 is 0. The van der Waals surface area contributed by atoms with Gasteiger partial charge in [0.05, 0.1) is 10.4 Å². The van der Waals surface area contributed by atoms with E-state index in [9.17, 15) is 4.79 Å². The highest BCUT2D eigenvalue weighted by Crippen LogP contribution is 2.54. The van der Waals surface area contributed by atoms with Crippen molar-refractivity contribution in [2.45, 2.75) is 42.3 Å². The van der Waals surface area contributed by atoms with E-state index in [4.69, 9.17) is 33.0 Å². The van der Waals surface area contributed by atoms with E-state index in [0.29, 0.717) is 23.3 Å². The van der Waals surface area contributed by atoms with E-state index in [1.807, 2.05) is 0 Å². The van der Waals surface area contributed by atoms with Gasteiger partial charge >= 0.3 is 0 Å². The van der Waals surface area contributed by atoms with Crippen molar-refractivity contribution in [1.82, 2.24) is 20.3 Å². The van der Waals surface area contributed by atoms with E-state index in [-0.39, 0.29) is 11.8 Å². The number of benzene rings is 1. The molecule has 3 fully saturated rings. The number of amides is 1. The summed E-state index contributed by atoms with van der Waals surface area (Å²) in [6.45, 7) is 11.5. The van der Waals surface area contributed by atoms with Crippen LogP contribution in [0.1, 0.15) is 30.2 Å². The van der Waals surface area contributed by atoms with Crippen LogP contribution in [0.25, 0.3) is 17.1 Å². The van der Waals surface area contributed by atoms with Crippen LogP contribution in [0.2, 0.25) is 5.02 Å². The zero-order valence-corrected chi connectivity index (χ0v) is 23.2. The molecule has 1 amide bonds. The van der Waals surface area contributed by atoms with Gasteiger partial charge in [0.25, 0.3) is 0 Å². The highest BCUT2D eigenvalue weighted by atomic mass is 35.5. The van der Waals surface area contributed by atoms with Crippen LogP contribution < -0.4 is 21.7 Å². The van der Waals surface area contributed by atoms with Crippen molar-refractivity contribution >= 4 is 52.2 Å². The van der Waals surface area contributed by atoms with Crippen LogP contribution in [-0.2, 0) is 11.2 Å².